The minimum Gasteiger partial charge on any atom is -0.340 e. The average molecular weight is 381 g/mol. The van der Waals surface area contributed by atoms with E-state index < -0.39 is 0 Å². The van der Waals surface area contributed by atoms with Crippen molar-refractivity contribution in [2.24, 2.45) is 0 Å². The molecule has 3 rings (SSSR count). The molecule has 0 fully saturated rings. The standard InChI is InChI=1S/C18H13BrN4O/c1-2-4-17(24)22-14-7-8-16-15(10-14)18(21-11-20-16)23-13-6-3-5-12(19)9-13/h1,3,5-11H,4H2,(H,22,24)(H,20,21,23). The molecule has 0 atom stereocenters. The number of carbonyl (C=O) groups is 1. The summed E-state index contributed by atoms with van der Waals surface area (Å²) in [6.07, 6.45) is 6.68. The zero-order valence-corrected chi connectivity index (χ0v) is 14.2. The monoisotopic (exact) mass is 380 g/mol. The highest BCUT2D eigenvalue weighted by Gasteiger charge is 2.07. The minimum atomic E-state index is -0.227. The molecule has 0 radical (unpaired) electrons. The van der Waals surface area contributed by atoms with E-state index in [4.69, 9.17) is 6.42 Å². The third-order valence-corrected chi connectivity index (χ3v) is 3.76. The number of nitrogens with one attached hydrogen (secondary N) is 2. The van der Waals surface area contributed by atoms with Gasteiger partial charge in [0.15, 0.2) is 0 Å². The SMILES string of the molecule is C#CCC(=O)Nc1ccc2ncnc(Nc3cccc(Br)c3)c2c1. The molecule has 0 bridgehead atoms. The number of benzene rings is 2. The highest BCUT2D eigenvalue weighted by Crippen LogP contribution is 2.26. The molecule has 2 N–H and O–H groups in total. The van der Waals surface area contributed by atoms with E-state index in [1.54, 1.807) is 6.07 Å². The van der Waals surface area contributed by atoms with E-state index in [0.29, 0.717) is 11.5 Å². The maximum absolute atomic E-state index is 11.7. The Hall–Kier alpha value is -2.91. The first-order chi connectivity index (χ1) is 11.7. The van der Waals surface area contributed by atoms with E-state index in [-0.39, 0.29) is 12.3 Å². The highest BCUT2D eigenvalue weighted by molar-refractivity contribution is 9.10. The second-order valence-electron chi connectivity index (χ2n) is 5.02. The largest absolute Gasteiger partial charge is 0.340 e. The summed E-state index contributed by atoms with van der Waals surface area (Å²) in [6.45, 7) is 0. The van der Waals surface area contributed by atoms with E-state index in [0.717, 1.165) is 21.1 Å². The molecule has 0 aliphatic heterocycles. The molecule has 3 aromatic rings. The molecule has 5 nitrogen and oxygen atoms in total. The third-order valence-electron chi connectivity index (χ3n) is 3.27. The Kier molecular flexibility index (Phi) is 4.73. The van der Waals surface area contributed by atoms with Gasteiger partial charge in [-0.3, -0.25) is 4.79 Å². The van der Waals surface area contributed by atoms with Gasteiger partial charge in [-0.2, -0.15) is 0 Å². The lowest BCUT2D eigenvalue weighted by atomic mass is 10.2. The van der Waals surface area contributed by atoms with Crippen LogP contribution in [-0.4, -0.2) is 15.9 Å². The molecule has 1 heterocycles. The molecule has 0 saturated heterocycles. The number of anilines is 3. The van der Waals surface area contributed by atoms with E-state index in [9.17, 15) is 4.79 Å². The molecule has 1 amide bonds. The third kappa shape index (κ3) is 3.70. The van der Waals surface area contributed by atoms with Gasteiger partial charge in [0.25, 0.3) is 0 Å². The van der Waals surface area contributed by atoms with Crippen LogP contribution in [-0.2, 0) is 4.79 Å². The number of rotatable bonds is 4. The number of halogens is 1. The van der Waals surface area contributed by atoms with Crippen molar-refractivity contribution in [3.05, 3.63) is 53.3 Å². The Labute approximate surface area is 147 Å². The summed E-state index contributed by atoms with van der Waals surface area (Å²) in [7, 11) is 0. The van der Waals surface area contributed by atoms with Crippen molar-refractivity contribution in [3.8, 4) is 12.3 Å². The fourth-order valence-corrected chi connectivity index (χ4v) is 2.63. The van der Waals surface area contributed by atoms with Crippen molar-refractivity contribution >= 4 is 49.9 Å². The van der Waals surface area contributed by atoms with Gasteiger partial charge in [0, 0.05) is 21.2 Å². The normalized spacial score (nSPS) is 10.2. The number of nitrogens with zero attached hydrogens (tertiary/aromatic N) is 2. The number of fused-ring (bicyclic) bond motifs is 1. The Morgan fingerprint density at radius 3 is 2.83 bits per heavy atom. The lowest BCUT2D eigenvalue weighted by Crippen LogP contribution is -2.10. The number of hydrogen-bond acceptors (Lipinski definition) is 4. The Morgan fingerprint density at radius 2 is 2.04 bits per heavy atom. The summed E-state index contributed by atoms with van der Waals surface area (Å²) >= 11 is 3.44. The van der Waals surface area contributed by atoms with E-state index >= 15 is 0 Å². The Morgan fingerprint density at radius 1 is 1.17 bits per heavy atom. The van der Waals surface area contributed by atoms with Gasteiger partial charge in [0.1, 0.15) is 12.1 Å². The van der Waals surface area contributed by atoms with Crippen LogP contribution in [0, 0.1) is 12.3 Å². The molecule has 0 unspecified atom stereocenters. The average Bonchev–Trinajstić information content (AvgIpc) is 2.56. The molecular formula is C18H13BrN4O. The first-order valence-corrected chi connectivity index (χ1v) is 7.95. The number of terminal acetylenes is 1. The van der Waals surface area contributed by atoms with Crippen molar-refractivity contribution in [3.63, 3.8) is 0 Å². The van der Waals surface area contributed by atoms with Crippen LogP contribution in [0.25, 0.3) is 10.9 Å². The van der Waals surface area contributed by atoms with Crippen LogP contribution >= 0.6 is 15.9 Å². The molecule has 0 spiro atoms. The molecular weight excluding hydrogens is 368 g/mol. The van der Waals surface area contributed by atoms with Gasteiger partial charge >= 0.3 is 0 Å². The summed E-state index contributed by atoms with van der Waals surface area (Å²) < 4.78 is 0.966. The molecule has 0 aliphatic carbocycles. The zero-order valence-electron chi connectivity index (χ0n) is 12.6. The van der Waals surface area contributed by atoms with Crippen LogP contribution in [0.15, 0.2) is 53.3 Å². The number of amides is 1. The lowest BCUT2D eigenvalue weighted by molar-refractivity contribution is -0.115. The molecule has 0 aliphatic rings. The van der Waals surface area contributed by atoms with Crippen LogP contribution in [0.2, 0.25) is 0 Å². The van der Waals surface area contributed by atoms with Crippen molar-refractivity contribution in [1.29, 1.82) is 0 Å². The Balaban J connectivity index is 1.95. The first kappa shape index (κ1) is 16.0. The van der Waals surface area contributed by atoms with Gasteiger partial charge in [0.2, 0.25) is 5.91 Å². The summed E-state index contributed by atoms with van der Waals surface area (Å²) in [4.78, 5) is 20.2. The van der Waals surface area contributed by atoms with E-state index in [1.165, 1.54) is 6.33 Å². The van der Waals surface area contributed by atoms with Crippen LogP contribution in [0.4, 0.5) is 17.2 Å². The predicted molar refractivity (Wildman–Crippen MR) is 99.0 cm³/mol. The van der Waals surface area contributed by atoms with Gasteiger partial charge in [-0.25, -0.2) is 9.97 Å². The number of aromatic nitrogens is 2. The molecule has 6 heteroatoms. The van der Waals surface area contributed by atoms with E-state index in [1.807, 2.05) is 36.4 Å². The molecule has 24 heavy (non-hydrogen) atoms. The van der Waals surface area contributed by atoms with Gasteiger partial charge in [0.05, 0.1) is 11.9 Å². The minimum absolute atomic E-state index is 0.0342. The van der Waals surface area contributed by atoms with Gasteiger partial charge in [-0.05, 0) is 36.4 Å². The van der Waals surface area contributed by atoms with Crippen molar-refractivity contribution in [2.45, 2.75) is 6.42 Å². The summed E-state index contributed by atoms with van der Waals surface area (Å²) in [6, 6.07) is 13.2. The topological polar surface area (TPSA) is 66.9 Å². The van der Waals surface area contributed by atoms with E-state index in [2.05, 4.69) is 42.5 Å². The molecule has 1 aromatic heterocycles. The van der Waals surface area contributed by atoms with Crippen LogP contribution in [0.3, 0.4) is 0 Å². The van der Waals surface area contributed by atoms with Crippen LogP contribution in [0.5, 0.6) is 0 Å². The quantitative estimate of drug-likeness (QED) is 0.668. The Bertz CT molecular complexity index is 949. The smallest absolute Gasteiger partial charge is 0.236 e. The van der Waals surface area contributed by atoms with Crippen molar-refractivity contribution < 1.29 is 4.79 Å². The van der Waals surface area contributed by atoms with Crippen molar-refractivity contribution in [2.75, 3.05) is 10.6 Å². The molecule has 118 valence electrons. The number of hydrogen-bond donors (Lipinski definition) is 2. The maximum Gasteiger partial charge on any atom is 0.236 e. The summed E-state index contributed by atoms with van der Waals surface area (Å²) in [5.41, 5.74) is 2.32. The van der Waals surface area contributed by atoms with Gasteiger partial charge in [-0.15, -0.1) is 6.42 Å². The fraction of sp³-hybridized carbons (Fsp3) is 0.0556. The lowest BCUT2D eigenvalue weighted by Gasteiger charge is -2.10. The predicted octanol–water partition coefficient (Wildman–Crippen LogP) is 4.10. The summed E-state index contributed by atoms with van der Waals surface area (Å²) in [5.74, 6) is 2.75. The molecule has 0 saturated carbocycles. The highest BCUT2D eigenvalue weighted by atomic mass is 79.9. The second kappa shape index (κ2) is 7.11. The summed E-state index contributed by atoms with van der Waals surface area (Å²) in [5, 5.41) is 6.83. The second-order valence-corrected chi connectivity index (χ2v) is 5.93. The fourth-order valence-electron chi connectivity index (χ4n) is 2.23. The van der Waals surface area contributed by atoms with Gasteiger partial charge in [-0.1, -0.05) is 27.9 Å². The zero-order chi connectivity index (χ0) is 16.9. The van der Waals surface area contributed by atoms with Crippen LogP contribution in [0.1, 0.15) is 6.42 Å². The molecule has 2 aromatic carbocycles. The number of carbonyl (C=O) groups excluding carboxylic acids is 1. The van der Waals surface area contributed by atoms with Crippen LogP contribution < -0.4 is 10.6 Å². The van der Waals surface area contributed by atoms with Gasteiger partial charge < -0.3 is 10.6 Å². The maximum atomic E-state index is 11.7. The first-order valence-electron chi connectivity index (χ1n) is 7.16. The van der Waals surface area contributed by atoms with Crippen molar-refractivity contribution in [1.82, 2.24) is 9.97 Å².